The van der Waals surface area contributed by atoms with Gasteiger partial charge in [-0.2, -0.15) is 0 Å². The predicted octanol–water partition coefficient (Wildman–Crippen LogP) is 3.03. The molecule has 0 amide bonds. The molecular weight excluding hydrogens is 189 g/mol. The Kier molecular flexibility index (Phi) is 3.86. The van der Waals surface area contributed by atoms with Crippen LogP contribution in [0, 0.1) is 5.92 Å². The van der Waals surface area contributed by atoms with Crippen LogP contribution in [0.15, 0.2) is 24.3 Å². The fourth-order valence-electron chi connectivity index (χ4n) is 1.50. The molecule has 0 spiro atoms. The number of rotatable bonds is 4. The van der Waals surface area contributed by atoms with E-state index in [0.29, 0.717) is 6.54 Å². The molecule has 0 fully saturated rings. The van der Waals surface area contributed by atoms with Gasteiger partial charge >= 0.3 is 0 Å². The van der Waals surface area contributed by atoms with Crippen LogP contribution in [0.2, 0.25) is 0 Å². The van der Waals surface area contributed by atoms with E-state index >= 15 is 0 Å². The second kappa shape index (κ2) is 4.75. The summed E-state index contributed by atoms with van der Waals surface area (Å²) in [5.41, 5.74) is 6.13. The van der Waals surface area contributed by atoms with Crippen molar-refractivity contribution in [1.82, 2.24) is 0 Å². The molecule has 84 valence electrons. The molecule has 1 aromatic carbocycles. The molecule has 2 heteroatoms. The first-order valence-corrected chi connectivity index (χ1v) is 5.47. The van der Waals surface area contributed by atoms with Gasteiger partial charge in [0.25, 0.3) is 0 Å². The third-order valence-electron chi connectivity index (χ3n) is 3.04. The van der Waals surface area contributed by atoms with Crippen LogP contribution in [0.4, 0.5) is 4.39 Å². The van der Waals surface area contributed by atoms with Gasteiger partial charge in [-0.25, -0.2) is 4.39 Å². The maximum atomic E-state index is 14.2. The van der Waals surface area contributed by atoms with Gasteiger partial charge in [-0.15, -0.1) is 0 Å². The third-order valence-corrected chi connectivity index (χ3v) is 3.04. The first kappa shape index (κ1) is 12.2. The first-order valence-electron chi connectivity index (χ1n) is 5.47. The average Bonchev–Trinajstić information content (AvgIpc) is 2.19. The number of nitrogens with two attached hydrogens (primary N) is 1. The largest absolute Gasteiger partial charge is 0.330 e. The fraction of sp³-hybridized carbons (Fsp3) is 0.538. The summed E-state index contributed by atoms with van der Waals surface area (Å²) in [6, 6.07) is 7.65. The highest BCUT2D eigenvalue weighted by Gasteiger charge is 2.29. The molecule has 1 unspecified atom stereocenters. The molecule has 15 heavy (non-hydrogen) atoms. The quantitative estimate of drug-likeness (QED) is 0.810. The highest BCUT2D eigenvalue weighted by molar-refractivity contribution is 5.27. The summed E-state index contributed by atoms with van der Waals surface area (Å²) in [6.45, 7) is 6.06. The number of hydrogen-bond acceptors (Lipinski definition) is 1. The Morgan fingerprint density at radius 2 is 1.80 bits per heavy atom. The topological polar surface area (TPSA) is 26.0 Å². The van der Waals surface area contributed by atoms with Crippen molar-refractivity contribution in [2.24, 2.45) is 11.7 Å². The molecule has 0 aliphatic rings. The zero-order valence-corrected chi connectivity index (χ0v) is 9.76. The molecule has 2 N–H and O–H groups in total. The van der Waals surface area contributed by atoms with E-state index in [-0.39, 0.29) is 5.92 Å². The van der Waals surface area contributed by atoms with Crippen LogP contribution >= 0.6 is 0 Å². The van der Waals surface area contributed by atoms with Gasteiger partial charge < -0.3 is 5.73 Å². The Morgan fingerprint density at radius 3 is 2.20 bits per heavy atom. The molecule has 1 nitrogen and oxygen atoms in total. The van der Waals surface area contributed by atoms with Crippen LogP contribution in [0.25, 0.3) is 0 Å². The molecule has 0 radical (unpaired) electrons. The highest BCUT2D eigenvalue weighted by atomic mass is 19.1. The van der Waals surface area contributed by atoms with E-state index in [1.54, 1.807) is 6.92 Å². The van der Waals surface area contributed by atoms with Crippen LogP contribution in [-0.4, -0.2) is 6.54 Å². The summed E-state index contributed by atoms with van der Waals surface area (Å²) in [6.07, 6.45) is 0.852. The lowest BCUT2D eigenvalue weighted by atomic mass is 9.86. The van der Waals surface area contributed by atoms with E-state index in [0.717, 1.165) is 12.0 Å². The van der Waals surface area contributed by atoms with E-state index in [1.165, 1.54) is 5.56 Å². The molecule has 0 bridgehead atoms. The second-order valence-corrected chi connectivity index (χ2v) is 4.47. The molecule has 0 saturated carbocycles. The molecule has 1 atom stereocenters. The van der Waals surface area contributed by atoms with Gasteiger partial charge in [0.05, 0.1) is 0 Å². The maximum absolute atomic E-state index is 14.2. The van der Waals surface area contributed by atoms with Crippen molar-refractivity contribution >= 4 is 0 Å². The summed E-state index contributed by atoms with van der Waals surface area (Å²) in [4.78, 5) is 0. The SMILES string of the molecule is CC(C)C(C)(F)c1ccc(CCN)cc1. The van der Waals surface area contributed by atoms with E-state index in [4.69, 9.17) is 5.73 Å². The number of alkyl halides is 1. The van der Waals surface area contributed by atoms with Crippen molar-refractivity contribution < 1.29 is 4.39 Å². The summed E-state index contributed by atoms with van der Waals surface area (Å²) in [5.74, 6) is -0.0159. The minimum absolute atomic E-state index is 0.0159. The molecular formula is C13H20FN. The molecule has 0 aliphatic carbocycles. The molecule has 1 aromatic rings. The maximum Gasteiger partial charge on any atom is 0.135 e. The van der Waals surface area contributed by atoms with Crippen LogP contribution in [0.3, 0.4) is 0 Å². The Hall–Kier alpha value is -0.890. The molecule has 0 aliphatic heterocycles. The normalized spacial score (nSPS) is 15.3. The Bertz CT molecular complexity index is 301. The summed E-state index contributed by atoms with van der Waals surface area (Å²) in [7, 11) is 0. The summed E-state index contributed by atoms with van der Waals surface area (Å²) < 4.78 is 14.2. The number of halogens is 1. The zero-order valence-electron chi connectivity index (χ0n) is 9.76. The van der Waals surface area contributed by atoms with Gasteiger partial charge in [0, 0.05) is 0 Å². The van der Waals surface area contributed by atoms with E-state index in [1.807, 2.05) is 38.1 Å². The van der Waals surface area contributed by atoms with Gasteiger partial charge in [-0.3, -0.25) is 0 Å². The fourth-order valence-corrected chi connectivity index (χ4v) is 1.50. The van der Waals surface area contributed by atoms with Crippen LogP contribution in [-0.2, 0) is 12.1 Å². The van der Waals surface area contributed by atoms with Gasteiger partial charge in [-0.1, -0.05) is 38.1 Å². The van der Waals surface area contributed by atoms with Crippen molar-refractivity contribution in [2.75, 3.05) is 6.54 Å². The Morgan fingerprint density at radius 1 is 1.27 bits per heavy atom. The van der Waals surface area contributed by atoms with Crippen LogP contribution < -0.4 is 5.73 Å². The van der Waals surface area contributed by atoms with E-state index < -0.39 is 5.67 Å². The number of benzene rings is 1. The van der Waals surface area contributed by atoms with E-state index in [2.05, 4.69) is 0 Å². The smallest absolute Gasteiger partial charge is 0.135 e. The zero-order chi connectivity index (χ0) is 11.5. The second-order valence-electron chi connectivity index (χ2n) is 4.47. The predicted molar refractivity (Wildman–Crippen MR) is 62.5 cm³/mol. The first-order chi connectivity index (χ1) is 6.98. The monoisotopic (exact) mass is 209 g/mol. The molecule has 1 rings (SSSR count). The van der Waals surface area contributed by atoms with Crippen molar-refractivity contribution in [2.45, 2.75) is 32.9 Å². The van der Waals surface area contributed by atoms with Crippen molar-refractivity contribution in [3.63, 3.8) is 0 Å². The van der Waals surface area contributed by atoms with Gasteiger partial charge in [-0.05, 0) is 36.9 Å². The minimum Gasteiger partial charge on any atom is -0.330 e. The molecule has 0 saturated heterocycles. The summed E-state index contributed by atoms with van der Waals surface area (Å²) in [5, 5.41) is 0. The lowest BCUT2D eigenvalue weighted by molar-refractivity contribution is 0.123. The Labute approximate surface area is 91.5 Å². The van der Waals surface area contributed by atoms with Gasteiger partial charge in [0.15, 0.2) is 0 Å². The van der Waals surface area contributed by atoms with Gasteiger partial charge in [0.1, 0.15) is 5.67 Å². The van der Waals surface area contributed by atoms with Crippen LogP contribution in [0.1, 0.15) is 31.9 Å². The third kappa shape index (κ3) is 2.78. The van der Waals surface area contributed by atoms with E-state index in [9.17, 15) is 4.39 Å². The van der Waals surface area contributed by atoms with Crippen molar-refractivity contribution in [3.8, 4) is 0 Å². The van der Waals surface area contributed by atoms with Crippen molar-refractivity contribution in [3.05, 3.63) is 35.4 Å². The van der Waals surface area contributed by atoms with Crippen LogP contribution in [0.5, 0.6) is 0 Å². The minimum atomic E-state index is -1.25. The Balaban J connectivity index is 2.88. The lowest BCUT2D eigenvalue weighted by Crippen LogP contribution is -2.22. The lowest BCUT2D eigenvalue weighted by Gasteiger charge is -2.25. The van der Waals surface area contributed by atoms with Gasteiger partial charge in [0.2, 0.25) is 0 Å². The molecule has 0 aromatic heterocycles. The number of hydrogen-bond donors (Lipinski definition) is 1. The molecule has 0 heterocycles. The highest BCUT2D eigenvalue weighted by Crippen LogP contribution is 2.33. The standard InChI is InChI=1S/C13H20FN/c1-10(2)13(3,14)12-6-4-11(5-7-12)8-9-15/h4-7,10H,8-9,15H2,1-3H3. The van der Waals surface area contributed by atoms with Crippen molar-refractivity contribution in [1.29, 1.82) is 0 Å². The summed E-state index contributed by atoms with van der Waals surface area (Å²) >= 11 is 0. The average molecular weight is 209 g/mol.